The van der Waals surface area contributed by atoms with E-state index in [0.717, 1.165) is 5.69 Å². The number of benzene rings is 1. The molecule has 0 spiro atoms. The van der Waals surface area contributed by atoms with Crippen molar-refractivity contribution in [2.75, 3.05) is 12.1 Å². The molecule has 0 amide bonds. The fourth-order valence-electron chi connectivity index (χ4n) is 1.65. The molecule has 120 valence electrons. The lowest BCUT2D eigenvalue weighted by molar-refractivity contribution is -0.0282. The summed E-state index contributed by atoms with van der Waals surface area (Å²) in [5.41, 5.74) is 3.73. The van der Waals surface area contributed by atoms with E-state index in [1.807, 2.05) is 37.3 Å². The molecular formula is C16H29NO3Si. The van der Waals surface area contributed by atoms with Crippen LogP contribution in [-0.4, -0.2) is 32.2 Å². The zero-order valence-corrected chi connectivity index (χ0v) is 15.0. The molecule has 0 fully saturated rings. The summed E-state index contributed by atoms with van der Waals surface area (Å²) in [5.74, 6) is 0. The van der Waals surface area contributed by atoms with E-state index >= 15 is 0 Å². The molecule has 0 saturated heterocycles. The summed E-state index contributed by atoms with van der Waals surface area (Å²) < 4.78 is 6.26. The number of para-hydroxylation sites is 1. The minimum atomic E-state index is -1.87. The minimum absolute atomic E-state index is 0.0877. The summed E-state index contributed by atoms with van der Waals surface area (Å²) in [6.45, 7) is 12.9. The van der Waals surface area contributed by atoms with Gasteiger partial charge in [-0.3, -0.25) is 10.3 Å². The second kappa shape index (κ2) is 7.40. The fraction of sp³-hybridized carbons (Fsp3) is 0.625. The summed E-state index contributed by atoms with van der Waals surface area (Å²) in [6, 6.07) is 9.61. The van der Waals surface area contributed by atoms with Gasteiger partial charge < -0.3 is 9.53 Å². The van der Waals surface area contributed by atoms with Gasteiger partial charge in [-0.1, -0.05) is 39.0 Å². The Balaban J connectivity index is 2.59. The van der Waals surface area contributed by atoms with E-state index in [4.69, 9.17) is 9.26 Å². The van der Waals surface area contributed by atoms with Crippen LogP contribution in [0.5, 0.6) is 0 Å². The van der Waals surface area contributed by atoms with Crippen molar-refractivity contribution in [3.8, 4) is 0 Å². The lowest BCUT2D eigenvalue weighted by atomic mass is 10.2. The average molecular weight is 311 g/mol. The lowest BCUT2D eigenvalue weighted by Crippen LogP contribution is -2.47. The fourth-order valence-corrected chi connectivity index (χ4v) is 3.08. The number of anilines is 1. The number of hydrogen-bond donors (Lipinski definition) is 2. The molecule has 21 heavy (non-hydrogen) atoms. The predicted molar refractivity (Wildman–Crippen MR) is 89.8 cm³/mol. The van der Waals surface area contributed by atoms with Gasteiger partial charge in [0, 0.05) is 0 Å². The van der Waals surface area contributed by atoms with Crippen LogP contribution in [0.2, 0.25) is 18.1 Å². The van der Waals surface area contributed by atoms with Crippen LogP contribution in [0.1, 0.15) is 27.7 Å². The van der Waals surface area contributed by atoms with E-state index in [2.05, 4.69) is 39.3 Å². The van der Waals surface area contributed by atoms with Crippen LogP contribution in [-0.2, 0) is 9.26 Å². The van der Waals surface area contributed by atoms with Crippen molar-refractivity contribution in [1.29, 1.82) is 0 Å². The highest BCUT2D eigenvalue weighted by atomic mass is 28.4. The normalized spacial score (nSPS) is 15.6. The van der Waals surface area contributed by atoms with Crippen LogP contribution in [0.25, 0.3) is 0 Å². The number of nitrogens with one attached hydrogen (secondary N) is 1. The van der Waals surface area contributed by atoms with E-state index in [9.17, 15) is 5.11 Å². The molecule has 1 aromatic carbocycles. The summed E-state index contributed by atoms with van der Waals surface area (Å²) in [5, 5.41) is 9.68. The van der Waals surface area contributed by atoms with E-state index < -0.39 is 14.4 Å². The molecule has 0 saturated carbocycles. The molecule has 2 N–H and O–H groups in total. The summed E-state index contributed by atoms with van der Waals surface area (Å²) in [7, 11) is -1.87. The van der Waals surface area contributed by atoms with Crippen molar-refractivity contribution < 1.29 is 14.4 Å². The van der Waals surface area contributed by atoms with Gasteiger partial charge in [0.05, 0.1) is 18.4 Å². The second-order valence-electron chi connectivity index (χ2n) is 6.89. The molecule has 0 aromatic heterocycles. The van der Waals surface area contributed by atoms with Gasteiger partial charge >= 0.3 is 0 Å². The Bertz CT molecular complexity index is 417. The first kappa shape index (κ1) is 18.2. The minimum Gasteiger partial charge on any atom is -0.411 e. The van der Waals surface area contributed by atoms with Gasteiger partial charge in [0.25, 0.3) is 0 Å². The zero-order chi connectivity index (χ0) is 16.1. The first-order valence-corrected chi connectivity index (χ1v) is 10.3. The number of aliphatic hydroxyl groups excluding tert-OH is 1. The SMILES string of the molecule is C[C@@H](O[Si](C)(C)C(C)(C)C)[C@H](CO)ONc1ccccc1. The van der Waals surface area contributed by atoms with Gasteiger partial charge in [0.2, 0.25) is 0 Å². The Labute approximate surface area is 129 Å². The van der Waals surface area contributed by atoms with Gasteiger partial charge in [-0.2, -0.15) is 0 Å². The Morgan fingerprint density at radius 2 is 1.76 bits per heavy atom. The molecule has 0 aliphatic heterocycles. The smallest absolute Gasteiger partial charge is 0.192 e. The zero-order valence-electron chi connectivity index (χ0n) is 14.0. The van der Waals surface area contributed by atoms with Crippen molar-refractivity contribution >= 4 is 14.0 Å². The summed E-state index contributed by atoms with van der Waals surface area (Å²) in [4.78, 5) is 5.59. The highest BCUT2D eigenvalue weighted by Gasteiger charge is 2.39. The Morgan fingerprint density at radius 1 is 1.19 bits per heavy atom. The van der Waals surface area contributed by atoms with Gasteiger partial charge in [0.15, 0.2) is 8.32 Å². The first-order valence-electron chi connectivity index (χ1n) is 7.43. The molecule has 0 unspecified atom stereocenters. The van der Waals surface area contributed by atoms with Crippen molar-refractivity contribution in [3.05, 3.63) is 30.3 Å². The third-order valence-corrected chi connectivity index (χ3v) is 8.67. The molecule has 1 aromatic rings. The molecule has 0 heterocycles. The van der Waals surface area contributed by atoms with Crippen LogP contribution in [0.4, 0.5) is 5.69 Å². The molecule has 0 bridgehead atoms. The molecular weight excluding hydrogens is 282 g/mol. The van der Waals surface area contributed by atoms with E-state index in [0.29, 0.717) is 0 Å². The van der Waals surface area contributed by atoms with E-state index in [1.165, 1.54) is 0 Å². The van der Waals surface area contributed by atoms with E-state index in [-0.39, 0.29) is 17.7 Å². The maximum Gasteiger partial charge on any atom is 0.192 e. The maximum absolute atomic E-state index is 9.54. The Kier molecular flexibility index (Phi) is 6.40. The summed E-state index contributed by atoms with van der Waals surface area (Å²) in [6.07, 6.45) is -0.577. The topological polar surface area (TPSA) is 50.7 Å². The van der Waals surface area contributed by atoms with Crippen LogP contribution in [0, 0.1) is 0 Å². The van der Waals surface area contributed by atoms with Crippen molar-refractivity contribution in [1.82, 2.24) is 0 Å². The van der Waals surface area contributed by atoms with Crippen LogP contribution in [0.3, 0.4) is 0 Å². The molecule has 4 nitrogen and oxygen atoms in total. The number of aliphatic hydroxyl groups is 1. The second-order valence-corrected chi connectivity index (χ2v) is 11.6. The molecule has 0 aliphatic rings. The van der Waals surface area contributed by atoms with E-state index in [1.54, 1.807) is 0 Å². The number of hydrogen-bond acceptors (Lipinski definition) is 4. The maximum atomic E-state index is 9.54. The molecule has 2 atom stereocenters. The Hall–Kier alpha value is -0.883. The third kappa shape index (κ3) is 5.43. The predicted octanol–water partition coefficient (Wildman–Crippen LogP) is 3.80. The van der Waals surface area contributed by atoms with Gasteiger partial charge in [-0.25, -0.2) is 0 Å². The first-order chi connectivity index (χ1) is 9.67. The van der Waals surface area contributed by atoms with Crippen molar-refractivity contribution in [2.24, 2.45) is 0 Å². The van der Waals surface area contributed by atoms with Gasteiger partial charge in [-0.05, 0) is 37.2 Å². The molecule has 5 heteroatoms. The van der Waals surface area contributed by atoms with Crippen LogP contribution < -0.4 is 5.48 Å². The molecule has 1 rings (SSSR count). The van der Waals surface area contributed by atoms with Crippen LogP contribution in [0.15, 0.2) is 30.3 Å². The van der Waals surface area contributed by atoms with Gasteiger partial charge in [0.1, 0.15) is 6.10 Å². The largest absolute Gasteiger partial charge is 0.411 e. The third-order valence-electron chi connectivity index (χ3n) is 4.09. The summed E-state index contributed by atoms with van der Waals surface area (Å²) >= 11 is 0. The monoisotopic (exact) mass is 311 g/mol. The average Bonchev–Trinajstić information content (AvgIpc) is 2.38. The van der Waals surface area contributed by atoms with Gasteiger partial charge in [-0.15, -0.1) is 0 Å². The quantitative estimate of drug-likeness (QED) is 0.594. The molecule has 0 radical (unpaired) electrons. The lowest BCUT2D eigenvalue weighted by Gasteiger charge is -2.39. The standard InChI is InChI=1S/C16H29NO3Si/c1-13(20-21(5,6)16(2,3)4)15(12-18)19-17-14-10-8-7-9-11-14/h7-11,13,15,17-18H,12H2,1-6H3/t13-,15+/m1/s1. The number of rotatable bonds is 7. The highest BCUT2D eigenvalue weighted by molar-refractivity contribution is 6.74. The van der Waals surface area contributed by atoms with Crippen LogP contribution >= 0.6 is 0 Å². The molecule has 0 aliphatic carbocycles. The van der Waals surface area contributed by atoms with Crippen molar-refractivity contribution in [2.45, 2.75) is 58.0 Å². The highest BCUT2D eigenvalue weighted by Crippen LogP contribution is 2.37. The van der Waals surface area contributed by atoms with Crippen molar-refractivity contribution in [3.63, 3.8) is 0 Å². The Morgan fingerprint density at radius 3 is 2.24 bits per heavy atom.